The van der Waals surface area contributed by atoms with E-state index in [0.29, 0.717) is 11.1 Å². The van der Waals surface area contributed by atoms with Gasteiger partial charge >= 0.3 is 0 Å². The molecule has 0 aliphatic carbocycles. The van der Waals surface area contributed by atoms with E-state index in [9.17, 15) is 10.2 Å². The first-order chi connectivity index (χ1) is 15.7. The Hall–Kier alpha value is -4.35. The van der Waals surface area contributed by atoms with Crippen molar-refractivity contribution in [2.24, 2.45) is 20.4 Å². The zero-order valence-electron chi connectivity index (χ0n) is 17.1. The average Bonchev–Trinajstić information content (AvgIpc) is 3.55. The van der Waals surface area contributed by atoms with Crippen LogP contribution >= 0.6 is 0 Å². The van der Waals surface area contributed by atoms with Crippen molar-refractivity contribution in [2.45, 2.75) is 0 Å². The minimum absolute atomic E-state index is 0. The molecule has 0 fully saturated rings. The quantitative estimate of drug-likeness (QED) is 0.187. The second kappa shape index (κ2) is 13.9. The van der Waals surface area contributed by atoms with Crippen LogP contribution in [0.4, 0.5) is 0 Å². The molecule has 11 heteroatoms. The summed E-state index contributed by atoms with van der Waals surface area (Å²) in [5, 5.41) is 33.9. The third-order valence-corrected chi connectivity index (χ3v) is 3.78. The van der Waals surface area contributed by atoms with E-state index < -0.39 is 0 Å². The normalized spacial score (nSPS) is 11.8. The maximum Gasteiger partial charge on any atom is 0.239 e. The summed E-state index contributed by atoms with van der Waals surface area (Å²) in [6.45, 7) is 0. The van der Waals surface area contributed by atoms with Crippen LogP contribution < -0.4 is 0 Å². The van der Waals surface area contributed by atoms with E-state index in [1.54, 1.807) is 49.1 Å². The largest absolute Gasteiger partial charge is 0.492 e. The van der Waals surface area contributed by atoms with E-state index in [2.05, 4.69) is 40.3 Å². The Labute approximate surface area is 199 Å². The number of aliphatic hydroxyl groups excluding tert-OH is 2. The van der Waals surface area contributed by atoms with Crippen LogP contribution in [0.1, 0.15) is 22.5 Å². The molecule has 0 aliphatic heterocycles. The molecule has 0 saturated heterocycles. The van der Waals surface area contributed by atoms with Crippen LogP contribution in [0.5, 0.6) is 0 Å². The van der Waals surface area contributed by atoms with Gasteiger partial charge in [-0.1, -0.05) is 0 Å². The van der Waals surface area contributed by atoms with E-state index in [1.165, 1.54) is 24.8 Å². The molecule has 0 unspecified atom stereocenters. The summed E-state index contributed by atoms with van der Waals surface area (Å²) in [7, 11) is 0. The van der Waals surface area contributed by atoms with Gasteiger partial charge < -0.3 is 20.2 Å². The molecular formula is C22H20CoN8O2. The SMILES string of the molecule is O/C(=N\N=C\c1ccc[nH]1)c1cccnc1.O/C(=N\N=C\c1ccc[nH]1)c1cccnc1.[Co]. The fraction of sp³-hybridized carbons (Fsp3) is 0. The number of nitrogens with one attached hydrogen (secondary N) is 2. The van der Waals surface area contributed by atoms with Crippen molar-refractivity contribution in [1.29, 1.82) is 0 Å². The summed E-state index contributed by atoms with van der Waals surface area (Å²) >= 11 is 0. The van der Waals surface area contributed by atoms with Gasteiger partial charge in [0.15, 0.2) is 0 Å². The van der Waals surface area contributed by atoms with Crippen LogP contribution in [0, 0.1) is 0 Å². The fourth-order valence-corrected chi connectivity index (χ4v) is 2.25. The summed E-state index contributed by atoms with van der Waals surface area (Å²) in [6.07, 6.45) is 12.9. The topological polar surface area (TPSA) is 147 Å². The van der Waals surface area contributed by atoms with Gasteiger partial charge in [0.2, 0.25) is 11.8 Å². The Morgan fingerprint density at radius 1 is 0.697 bits per heavy atom. The first-order valence-electron chi connectivity index (χ1n) is 9.40. The predicted molar refractivity (Wildman–Crippen MR) is 124 cm³/mol. The van der Waals surface area contributed by atoms with Gasteiger partial charge in [0.1, 0.15) is 0 Å². The molecule has 33 heavy (non-hydrogen) atoms. The summed E-state index contributed by atoms with van der Waals surface area (Å²) in [5.41, 5.74) is 2.71. The van der Waals surface area contributed by atoms with E-state index in [0.717, 1.165) is 11.4 Å². The number of pyridine rings is 2. The molecule has 4 aromatic heterocycles. The Kier molecular flexibility index (Phi) is 10.5. The van der Waals surface area contributed by atoms with Crippen molar-refractivity contribution < 1.29 is 27.0 Å². The Bertz CT molecular complexity index is 1080. The van der Waals surface area contributed by atoms with Crippen LogP contribution in [-0.2, 0) is 16.8 Å². The first-order valence-corrected chi connectivity index (χ1v) is 9.40. The van der Waals surface area contributed by atoms with Gasteiger partial charge in [-0.15, -0.1) is 10.2 Å². The monoisotopic (exact) mass is 487 g/mol. The van der Waals surface area contributed by atoms with E-state index in [-0.39, 0.29) is 28.6 Å². The molecule has 0 amide bonds. The van der Waals surface area contributed by atoms with E-state index in [4.69, 9.17) is 0 Å². The van der Waals surface area contributed by atoms with Crippen molar-refractivity contribution in [3.05, 3.63) is 108 Å². The molecule has 4 N–H and O–H groups in total. The van der Waals surface area contributed by atoms with Gasteiger partial charge in [-0.3, -0.25) is 9.97 Å². The zero-order chi connectivity index (χ0) is 22.4. The minimum atomic E-state index is -0.157. The van der Waals surface area contributed by atoms with Gasteiger partial charge in [-0.25, -0.2) is 0 Å². The summed E-state index contributed by atoms with van der Waals surface area (Å²) in [6, 6.07) is 14.2. The Morgan fingerprint density at radius 3 is 1.48 bits per heavy atom. The number of H-pyrrole nitrogens is 2. The van der Waals surface area contributed by atoms with Gasteiger partial charge in [0.05, 0.1) is 34.9 Å². The number of rotatable bonds is 6. The van der Waals surface area contributed by atoms with Crippen molar-refractivity contribution in [3.8, 4) is 0 Å². The molecule has 0 bridgehead atoms. The van der Waals surface area contributed by atoms with Crippen LogP contribution in [0.2, 0.25) is 0 Å². The van der Waals surface area contributed by atoms with Crippen LogP contribution in [0.25, 0.3) is 0 Å². The average molecular weight is 487 g/mol. The van der Waals surface area contributed by atoms with Crippen molar-refractivity contribution in [3.63, 3.8) is 0 Å². The van der Waals surface area contributed by atoms with Gasteiger partial charge in [-0.05, 0) is 48.5 Å². The molecule has 0 saturated carbocycles. The van der Waals surface area contributed by atoms with Crippen molar-refractivity contribution >= 4 is 24.2 Å². The van der Waals surface area contributed by atoms with Crippen molar-refractivity contribution in [1.82, 2.24) is 19.9 Å². The molecule has 169 valence electrons. The molecule has 0 spiro atoms. The number of aromatic amines is 2. The second-order valence-electron chi connectivity index (χ2n) is 6.07. The maximum absolute atomic E-state index is 9.54. The number of hydrogen-bond donors (Lipinski definition) is 4. The number of hydrogen-bond acceptors (Lipinski definition) is 6. The number of nitrogens with zero attached hydrogens (tertiary/aromatic N) is 6. The summed E-state index contributed by atoms with van der Waals surface area (Å²) in [5.74, 6) is -0.313. The van der Waals surface area contributed by atoms with Crippen molar-refractivity contribution in [2.75, 3.05) is 0 Å². The van der Waals surface area contributed by atoms with Gasteiger partial charge in [0.25, 0.3) is 0 Å². The first kappa shape index (κ1) is 24.9. The molecule has 0 atom stereocenters. The van der Waals surface area contributed by atoms with Crippen LogP contribution in [0.15, 0.2) is 106 Å². The molecular weight excluding hydrogens is 467 g/mol. The zero-order valence-corrected chi connectivity index (χ0v) is 18.2. The molecule has 0 aliphatic rings. The maximum atomic E-state index is 9.54. The third kappa shape index (κ3) is 8.73. The van der Waals surface area contributed by atoms with E-state index in [1.807, 2.05) is 24.3 Å². The Balaban J connectivity index is 0.000000227. The smallest absolute Gasteiger partial charge is 0.239 e. The molecule has 10 nitrogen and oxygen atoms in total. The molecule has 0 aromatic carbocycles. The van der Waals surface area contributed by atoms with Crippen LogP contribution in [0.3, 0.4) is 0 Å². The van der Waals surface area contributed by atoms with Gasteiger partial charge in [-0.2, -0.15) is 10.2 Å². The molecule has 4 rings (SSSR count). The summed E-state index contributed by atoms with van der Waals surface area (Å²) in [4.78, 5) is 13.6. The Morgan fingerprint density at radius 2 is 1.15 bits per heavy atom. The fourth-order valence-electron chi connectivity index (χ4n) is 2.25. The summed E-state index contributed by atoms with van der Waals surface area (Å²) < 4.78 is 0. The number of aliphatic hydroxyl groups is 2. The third-order valence-electron chi connectivity index (χ3n) is 3.78. The standard InChI is InChI=1S/2C11H10N4O.Co/c2*16-11(9-3-1-5-12-7-9)15-14-8-10-4-2-6-13-10;/h2*1-8,13H,(H,15,16);/b2*14-8+;. The van der Waals surface area contributed by atoms with E-state index >= 15 is 0 Å². The minimum Gasteiger partial charge on any atom is -0.492 e. The second-order valence-corrected chi connectivity index (χ2v) is 6.07. The molecule has 1 radical (unpaired) electrons. The van der Waals surface area contributed by atoms with Crippen LogP contribution in [-0.4, -0.2) is 54.4 Å². The predicted octanol–water partition coefficient (Wildman–Crippen LogP) is 3.49. The molecule has 4 heterocycles. The molecule has 4 aromatic rings. The number of aromatic nitrogens is 4. The van der Waals surface area contributed by atoms with Gasteiger partial charge in [0, 0.05) is 54.0 Å².